The zero-order valence-electron chi connectivity index (χ0n) is 11.1. The average Bonchev–Trinajstić information content (AvgIpc) is 2.56. The lowest BCUT2D eigenvalue weighted by Gasteiger charge is -2.23. The molecule has 0 aliphatic heterocycles. The van der Waals surface area contributed by atoms with Crippen molar-refractivity contribution < 1.29 is 9.84 Å². The second-order valence-electron chi connectivity index (χ2n) is 4.92. The van der Waals surface area contributed by atoms with Crippen molar-refractivity contribution >= 4 is 5.69 Å². The summed E-state index contributed by atoms with van der Waals surface area (Å²) in [5.41, 5.74) is 1.03. The van der Waals surface area contributed by atoms with Gasteiger partial charge in [0.2, 0.25) is 0 Å². The topological polar surface area (TPSA) is 41.5 Å². The van der Waals surface area contributed by atoms with Gasteiger partial charge in [0.05, 0.1) is 18.8 Å². The first-order valence-corrected chi connectivity index (χ1v) is 6.97. The number of aliphatic hydroxyl groups is 1. The Kier molecular flexibility index (Phi) is 4.88. The zero-order valence-corrected chi connectivity index (χ0v) is 11.1. The lowest BCUT2D eigenvalue weighted by atomic mass is 10.1. The van der Waals surface area contributed by atoms with E-state index in [4.69, 9.17) is 4.74 Å². The quantitative estimate of drug-likeness (QED) is 0.805. The van der Waals surface area contributed by atoms with Crippen molar-refractivity contribution in [1.82, 2.24) is 0 Å². The first kappa shape index (κ1) is 13.2. The molecule has 1 aliphatic rings. The summed E-state index contributed by atoms with van der Waals surface area (Å²) in [5.74, 6) is 0.880. The molecule has 1 aromatic carbocycles. The minimum absolute atomic E-state index is 0.171. The summed E-state index contributed by atoms with van der Waals surface area (Å²) in [6.45, 7) is 2.66. The molecule has 100 valence electrons. The number of benzene rings is 1. The Morgan fingerprint density at radius 2 is 2.11 bits per heavy atom. The van der Waals surface area contributed by atoms with Crippen LogP contribution in [0.4, 0.5) is 5.69 Å². The Bertz CT molecular complexity index is 367. The predicted molar refractivity (Wildman–Crippen MR) is 74.1 cm³/mol. The summed E-state index contributed by atoms with van der Waals surface area (Å²) >= 11 is 0. The van der Waals surface area contributed by atoms with E-state index in [9.17, 15) is 5.11 Å². The molecule has 3 nitrogen and oxygen atoms in total. The SMILES string of the molecule is CCOc1cccc(NC2CCCCCC2O)c1. The fourth-order valence-corrected chi connectivity index (χ4v) is 2.51. The largest absolute Gasteiger partial charge is 0.494 e. The van der Waals surface area contributed by atoms with Crippen LogP contribution in [0.5, 0.6) is 5.75 Å². The van der Waals surface area contributed by atoms with Crippen molar-refractivity contribution in [3.8, 4) is 5.75 Å². The highest BCUT2D eigenvalue weighted by molar-refractivity contribution is 5.49. The van der Waals surface area contributed by atoms with Crippen LogP contribution in [0.1, 0.15) is 39.0 Å². The van der Waals surface area contributed by atoms with Crippen molar-refractivity contribution in [3.05, 3.63) is 24.3 Å². The fourth-order valence-electron chi connectivity index (χ4n) is 2.51. The monoisotopic (exact) mass is 249 g/mol. The number of anilines is 1. The first-order chi connectivity index (χ1) is 8.79. The van der Waals surface area contributed by atoms with Crippen LogP contribution in [0.25, 0.3) is 0 Å². The van der Waals surface area contributed by atoms with Gasteiger partial charge in [-0.1, -0.05) is 25.3 Å². The van der Waals surface area contributed by atoms with Crippen LogP contribution in [0.2, 0.25) is 0 Å². The van der Waals surface area contributed by atoms with Gasteiger partial charge in [-0.25, -0.2) is 0 Å². The van der Waals surface area contributed by atoms with Crippen LogP contribution in [0.3, 0.4) is 0 Å². The van der Waals surface area contributed by atoms with E-state index in [1.807, 2.05) is 31.2 Å². The van der Waals surface area contributed by atoms with Crippen molar-refractivity contribution in [2.45, 2.75) is 51.2 Å². The maximum absolute atomic E-state index is 10.1. The second kappa shape index (κ2) is 6.64. The van der Waals surface area contributed by atoms with Gasteiger partial charge in [0.25, 0.3) is 0 Å². The Labute approximate surface area is 109 Å². The highest BCUT2D eigenvalue weighted by Crippen LogP contribution is 2.23. The van der Waals surface area contributed by atoms with E-state index in [2.05, 4.69) is 5.32 Å². The minimum atomic E-state index is -0.233. The molecular weight excluding hydrogens is 226 g/mol. The summed E-state index contributed by atoms with van der Waals surface area (Å²) in [6.07, 6.45) is 5.28. The van der Waals surface area contributed by atoms with Gasteiger partial charge in [0, 0.05) is 11.8 Å². The zero-order chi connectivity index (χ0) is 12.8. The summed E-state index contributed by atoms with van der Waals surface area (Å²) in [7, 11) is 0. The number of hydrogen-bond donors (Lipinski definition) is 2. The first-order valence-electron chi connectivity index (χ1n) is 6.97. The van der Waals surface area contributed by atoms with Crippen LogP contribution in [-0.4, -0.2) is 23.9 Å². The average molecular weight is 249 g/mol. The minimum Gasteiger partial charge on any atom is -0.494 e. The standard InChI is InChI=1S/C15H23NO2/c1-2-18-13-8-6-7-12(11-13)16-14-9-4-3-5-10-15(14)17/h6-8,11,14-17H,2-5,9-10H2,1H3. The van der Waals surface area contributed by atoms with Gasteiger partial charge in [0.1, 0.15) is 5.75 Å². The number of ether oxygens (including phenoxy) is 1. The van der Waals surface area contributed by atoms with E-state index in [0.29, 0.717) is 6.61 Å². The molecule has 1 aromatic rings. The van der Waals surface area contributed by atoms with Crippen molar-refractivity contribution in [2.24, 2.45) is 0 Å². The summed E-state index contributed by atoms with van der Waals surface area (Å²) in [4.78, 5) is 0. The van der Waals surface area contributed by atoms with Gasteiger partial charge >= 0.3 is 0 Å². The van der Waals surface area contributed by atoms with Gasteiger partial charge < -0.3 is 15.2 Å². The fraction of sp³-hybridized carbons (Fsp3) is 0.600. The van der Waals surface area contributed by atoms with E-state index in [1.165, 1.54) is 12.8 Å². The summed E-state index contributed by atoms with van der Waals surface area (Å²) in [5, 5.41) is 13.5. The maximum Gasteiger partial charge on any atom is 0.121 e. The van der Waals surface area contributed by atoms with E-state index >= 15 is 0 Å². The molecule has 1 aliphatic carbocycles. The highest BCUT2D eigenvalue weighted by Gasteiger charge is 2.21. The second-order valence-corrected chi connectivity index (χ2v) is 4.92. The highest BCUT2D eigenvalue weighted by atomic mass is 16.5. The van der Waals surface area contributed by atoms with E-state index < -0.39 is 0 Å². The molecule has 1 fully saturated rings. The molecule has 2 N–H and O–H groups in total. The molecule has 2 atom stereocenters. The smallest absolute Gasteiger partial charge is 0.121 e. The number of aliphatic hydroxyl groups excluding tert-OH is 1. The van der Waals surface area contributed by atoms with Crippen LogP contribution < -0.4 is 10.1 Å². The summed E-state index contributed by atoms with van der Waals surface area (Å²) in [6, 6.07) is 8.14. The lowest BCUT2D eigenvalue weighted by molar-refractivity contribution is 0.144. The third kappa shape index (κ3) is 3.64. The van der Waals surface area contributed by atoms with Crippen LogP contribution in [0.15, 0.2) is 24.3 Å². The van der Waals surface area contributed by atoms with Gasteiger partial charge in [0.15, 0.2) is 0 Å². The van der Waals surface area contributed by atoms with Gasteiger partial charge in [-0.05, 0) is 31.9 Å². The van der Waals surface area contributed by atoms with Crippen LogP contribution in [-0.2, 0) is 0 Å². The Morgan fingerprint density at radius 3 is 2.94 bits per heavy atom. The van der Waals surface area contributed by atoms with E-state index in [1.54, 1.807) is 0 Å². The molecule has 2 rings (SSSR count). The molecule has 0 aromatic heterocycles. The number of nitrogens with one attached hydrogen (secondary N) is 1. The predicted octanol–water partition coefficient (Wildman–Crippen LogP) is 3.19. The molecule has 0 radical (unpaired) electrons. The van der Waals surface area contributed by atoms with Crippen LogP contribution >= 0.6 is 0 Å². The number of hydrogen-bond acceptors (Lipinski definition) is 3. The third-order valence-corrected chi connectivity index (χ3v) is 3.48. The molecule has 0 bridgehead atoms. The maximum atomic E-state index is 10.1. The Hall–Kier alpha value is -1.22. The van der Waals surface area contributed by atoms with E-state index in [-0.39, 0.29) is 12.1 Å². The Balaban J connectivity index is 2.00. The molecular formula is C15H23NO2. The van der Waals surface area contributed by atoms with Gasteiger partial charge in [-0.15, -0.1) is 0 Å². The molecule has 2 unspecified atom stereocenters. The molecule has 18 heavy (non-hydrogen) atoms. The lowest BCUT2D eigenvalue weighted by Crippen LogP contribution is -2.32. The molecule has 0 spiro atoms. The molecule has 1 saturated carbocycles. The molecule has 0 saturated heterocycles. The molecule has 3 heteroatoms. The normalized spacial score (nSPS) is 24.3. The number of rotatable bonds is 4. The Morgan fingerprint density at radius 1 is 1.28 bits per heavy atom. The van der Waals surface area contributed by atoms with Crippen molar-refractivity contribution in [3.63, 3.8) is 0 Å². The molecule has 0 amide bonds. The third-order valence-electron chi connectivity index (χ3n) is 3.48. The summed E-state index contributed by atoms with van der Waals surface area (Å²) < 4.78 is 5.48. The van der Waals surface area contributed by atoms with Crippen molar-refractivity contribution in [1.29, 1.82) is 0 Å². The van der Waals surface area contributed by atoms with Crippen LogP contribution in [0, 0.1) is 0 Å². The van der Waals surface area contributed by atoms with Gasteiger partial charge in [-0.3, -0.25) is 0 Å². The van der Waals surface area contributed by atoms with E-state index in [0.717, 1.165) is 30.7 Å². The van der Waals surface area contributed by atoms with Gasteiger partial charge in [-0.2, -0.15) is 0 Å². The van der Waals surface area contributed by atoms with Crippen molar-refractivity contribution in [2.75, 3.05) is 11.9 Å². The molecule has 0 heterocycles.